The maximum Gasteiger partial charge on any atom is 0.255 e. The van der Waals surface area contributed by atoms with Crippen LogP contribution < -0.4 is 15.4 Å². The van der Waals surface area contributed by atoms with E-state index in [9.17, 15) is 4.79 Å². The molecule has 2 aromatic heterocycles. The Hall–Kier alpha value is -4.46. The van der Waals surface area contributed by atoms with Crippen LogP contribution in [0.5, 0.6) is 5.75 Å². The summed E-state index contributed by atoms with van der Waals surface area (Å²) in [5.74, 6) is 1.65. The first-order valence-corrected chi connectivity index (χ1v) is 10.5. The third-order valence-electron chi connectivity index (χ3n) is 5.48. The number of methoxy groups -OCH3 is 1. The van der Waals surface area contributed by atoms with Crippen molar-refractivity contribution in [3.8, 4) is 17.1 Å². The number of allylic oxidation sites excluding steroid dienone is 1. The maximum absolute atomic E-state index is 13.4. The lowest BCUT2D eigenvalue weighted by Crippen LogP contribution is -2.31. The number of carbonyl (C=O) groups is 1. The molecule has 8 nitrogen and oxygen atoms in total. The fourth-order valence-electron chi connectivity index (χ4n) is 3.88. The molecule has 2 aromatic carbocycles. The lowest BCUT2D eigenvalue weighted by Gasteiger charge is -2.28. The number of hydrogen-bond acceptors (Lipinski definition) is 6. The predicted molar refractivity (Wildman–Crippen MR) is 126 cm³/mol. The third-order valence-corrected chi connectivity index (χ3v) is 5.48. The second kappa shape index (κ2) is 8.58. The van der Waals surface area contributed by atoms with Crippen molar-refractivity contribution in [1.82, 2.24) is 19.7 Å². The molecule has 1 atom stereocenters. The number of anilines is 2. The average Bonchev–Trinajstić information content (AvgIpc) is 3.28. The molecule has 0 aliphatic carbocycles. The summed E-state index contributed by atoms with van der Waals surface area (Å²) < 4.78 is 7.08. The first kappa shape index (κ1) is 20.4. The minimum atomic E-state index is -0.478. The molecular formula is C25H22N6O2. The summed E-state index contributed by atoms with van der Waals surface area (Å²) in [6.07, 6.45) is 3.27. The Bertz CT molecular complexity index is 1310. The number of hydrogen-bond donors (Lipinski definition) is 2. The molecule has 0 fully saturated rings. The van der Waals surface area contributed by atoms with Crippen LogP contribution in [0.2, 0.25) is 0 Å². The van der Waals surface area contributed by atoms with E-state index in [1.165, 1.54) is 0 Å². The summed E-state index contributed by atoms with van der Waals surface area (Å²) in [6, 6.07) is 20.5. The van der Waals surface area contributed by atoms with Gasteiger partial charge in [0, 0.05) is 17.5 Å². The predicted octanol–water partition coefficient (Wildman–Crippen LogP) is 4.28. The number of amides is 1. The summed E-state index contributed by atoms with van der Waals surface area (Å²) in [4.78, 5) is 22.2. The lowest BCUT2D eigenvalue weighted by molar-refractivity contribution is -0.113. The topological polar surface area (TPSA) is 94.0 Å². The number of fused-ring (bicyclic) bond motifs is 1. The Morgan fingerprint density at radius 1 is 1.06 bits per heavy atom. The Morgan fingerprint density at radius 2 is 1.85 bits per heavy atom. The van der Waals surface area contributed by atoms with E-state index in [1.54, 1.807) is 36.3 Å². The van der Waals surface area contributed by atoms with Gasteiger partial charge in [0.25, 0.3) is 5.91 Å². The number of benzene rings is 2. The van der Waals surface area contributed by atoms with E-state index in [0.717, 1.165) is 16.9 Å². The average molecular weight is 438 g/mol. The summed E-state index contributed by atoms with van der Waals surface area (Å²) in [6.45, 7) is 1.87. The highest BCUT2D eigenvalue weighted by atomic mass is 16.5. The zero-order chi connectivity index (χ0) is 22.8. The van der Waals surface area contributed by atoms with E-state index in [0.29, 0.717) is 28.7 Å². The van der Waals surface area contributed by atoms with Crippen LogP contribution in [-0.2, 0) is 4.79 Å². The van der Waals surface area contributed by atoms with Gasteiger partial charge in [-0.15, -0.1) is 5.10 Å². The number of nitrogens with one attached hydrogen (secondary N) is 2. The number of aromatic nitrogens is 4. The molecule has 0 saturated carbocycles. The molecule has 0 radical (unpaired) electrons. The monoisotopic (exact) mass is 438 g/mol. The van der Waals surface area contributed by atoms with Crippen LogP contribution >= 0.6 is 0 Å². The van der Waals surface area contributed by atoms with Crippen LogP contribution in [0.4, 0.5) is 11.6 Å². The number of carbonyl (C=O) groups excluding carboxylic acids is 1. The molecule has 8 heteroatoms. The molecule has 1 aliphatic rings. The smallest absolute Gasteiger partial charge is 0.255 e. The summed E-state index contributed by atoms with van der Waals surface area (Å²) >= 11 is 0. The fourth-order valence-corrected chi connectivity index (χ4v) is 3.88. The van der Waals surface area contributed by atoms with E-state index >= 15 is 0 Å². The van der Waals surface area contributed by atoms with Crippen molar-refractivity contribution in [1.29, 1.82) is 0 Å². The van der Waals surface area contributed by atoms with Gasteiger partial charge in [0.15, 0.2) is 5.82 Å². The minimum absolute atomic E-state index is 0.240. The third kappa shape index (κ3) is 3.94. The molecule has 0 unspecified atom stereocenters. The molecule has 0 bridgehead atoms. The van der Waals surface area contributed by atoms with Crippen LogP contribution in [0.15, 0.2) is 90.4 Å². The van der Waals surface area contributed by atoms with Crippen LogP contribution in [0.1, 0.15) is 18.5 Å². The van der Waals surface area contributed by atoms with Gasteiger partial charge in [-0.2, -0.15) is 4.98 Å². The van der Waals surface area contributed by atoms with Crippen LogP contribution in [-0.4, -0.2) is 32.8 Å². The molecule has 5 rings (SSSR count). The normalized spacial score (nSPS) is 14.9. The SMILES string of the molecule is COc1ccc([C@H]2C(C(=O)Nc3cccnc3)=C(C)Nc3nc(-c4ccccc4)nn32)cc1. The summed E-state index contributed by atoms with van der Waals surface area (Å²) in [7, 11) is 1.62. The largest absolute Gasteiger partial charge is 0.497 e. The molecule has 1 amide bonds. The minimum Gasteiger partial charge on any atom is -0.497 e. The number of pyridine rings is 1. The van der Waals surface area contributed by atoms with Crippen molar-refractivity contribution >= 4 is 17.5 Å². The first-order valence-electron chi connectivity index (χ1n) is 10.5. The zero-order valence-corrected chi connectivity index (χ0v) is 18.2. The van der Waals surface area contributed by atoms with E-state index < -0.39 is 6.04 Å². The molecule has 164 valence electrons. The molecule has 4 aromatic rings. The Labute approximate surface area is 191 Å². The Morgan fingerprint density at radius 3 is 2.55 bits per heavy atom. The molecule has 1 aliphatic heterocycles. The van der Waals surface area contributed by atoms with E-state index in [-0.39, 0.29) is 5.91 Å². The van der Waals surface area contributed by atoms with Crippen molar-refractivity contribution in [3.05, 3.63) is 96.0 Å². The molecule has 0 saturated heterocycles. The van der Waals surface area contributed by atoms with Crippen molar-refractivity contribution in [3.63, 3.8) is 0 Å². The van der Waals surface area contributed by atoms with E-state index in [4.69, 9.17) is 14.8 Å². The van der Waals surface area contributed by atoms with Gasteiger partial charge in [-0.05, 0) is 36.8 Å². The second-order valence-corrected chi connectivity index (χ2v) is 7.60. The number of rotatable bonds is 5. The highest BCUT2D eigenvalue weighted by molar-refractivity contribution is 6.05. The maximum atomic E-state index is 13.4. The first-order chi connectivity index (χ1) is 16.1. The van der Waals surface area contributed by atoms with Crippen LogP contribution in [0.25, 0.3) is 11.4 Å². The molecule has 2 N–H and O–H groups in total. The zero-order valence-electron chi connectivity index (χ0n) is 18.2. The van der Waals surface area contributed by atoms with Gasteiger partial charge in [0.1, 0.15) is 11.8 Å². The van der Waals surface area contributed by atoms with Crippen molar-refractivity contribution in [2.75, 3.05) is 17.7 Å². The Kier molecular flexibility index (Phi) is 5.32. The number of nitrogens with zero attached hydrogens (tertiary/aromatic N) is 4. The van der Waals surface area contributed by atoms with Crippen molar-refractivity contribution in [2.45, 2.75) is 13.0 Å². The van der Waals surface area contributed by atoms with Gasteiger partial charge in [-0.3, -0.25) is 9.78 Å². The van der Waals surface area contributed by atoms with E-state index in [2.05, 4.69) is 15.6 Å². The summed E-state index contributed by atoms with van der Waals surface area (Å²) in [5.41, 5.74) is 3.65. The molecule has 3 heterocycles. The van der Waals surface area contributed by atoms with Gasteiger partial charge in [-0.25, -0.2) is 4.68 Å². The van der Waals surface area contributed by atoms with Gasteiger partial charge in [0.2, 0.25) is 5.95 Å². The number of ether oxygens (including phenoxy) is 1. The van der Waals surface area contributed by atoms with Gasteiger partial charge < -0.3 is 15.4 Å². The highest BCUT2D eigenvalue weighted by Crippen LogP contribution is 2.37. The van der Waals surface area contributed by atoms with Crippen LogP contribution in [0, 0.1) is 0 Å². The van der Waals surface area contributed by atoms with Crippen molar-refractivity contribution < 1.29 is 9.53 Å². The van der Waals surface area contributed by atoms with Crippen LogP contribution in [0.3, 0.4) is 0 Å². The molecule has 0 spiro atoms. The quantitative estimate of drug-likeness (QED) is 0.483. The lowest BCUT2D eigenvalue weighted by atomic mass is 9.95. The second-order valence-electron chi connectivity index (χ2n) is 7.60. The molecular weight excluding hydrogens is 416 g/mol. The standard InChI is InChI=1S/C25H22N6O2/c1-16-21(24(32)28-19-9-6-14-26-15-19)22(17-10-12-20(33-2)13-11-17)31-25(27-16)29-23(30-31)18-7-4-3-5-8-18/h3-15,22H,1-2H3,(H,28,32)(H,27,29,30)/t22-/m0/s1. The van der Waals surface area contributed by atoms with Gasteiger partial charge in [-0.1, -0.05) is 42.5 Å². The van der Waals surface area contributed by atoms with Crippen molar-refractivity contribution in [2.24, 2.45) is 0 Å². The fraction of sp³-hybridized carbons (Fsp3) is 0.120. The van der Waals surface area contributed by atoms with E-state index in [1.807, 2.05) is 61.5 Å². The van der Waals surface area contributed by atoms with Gasteiger partial charge in [0.05, 0.1) is 24.6 Å². The van der Waals surface area contributed by atoms with Gasteiger partial charge >= 0.3 is 0 Å². The molecule has 33 heavy (non-hydrogen) atoms. The summed E-state index contributed by atoms with van der Waals surface area (Å²) in [5, 5.41) is 11.0. The Balaban J connectivity index is 1.60. The highest BCUT2D eigenvalue weighted by Gasteiger charge is 2.34.